The third kappa shape index (κ3) is 48.1. The molecule has 18 N–H and O–H groups in total. The second-order valence-corrected chi connectivity index (χ2v) is 29.3. The molecule has 15 unspecified atom stereocenters. The van der Waals surface area contributed by atoms with E-state index in [0.717, 1.165) is 0 Å². The van der Waals surface area contributed by atoms with E-state index < -0.39 is 141 Å². The average molecular weight is 1730 g/mol. The summed E-state index contributed by atoms with van der Waals surface area (Å²) in [6.07, 6.45) is -11.5. The minimum Gasteiger partial charge on any atom is -0.481 e. The molecule has 0 spiro atoms. The van der Waals surface area contributed by atoms with Gasteiger partial charge in [-0.15, -0.1) is 0 Å². The largest absolute Gasteiger partial charge is 0.481 e. The maximum Gasteiger partial charge on any atom is 0.305 e. The number of hydrogen-bond donors (Lipinski definition) is 18. The SMILES string of the molecule is CC(=O)NC1C(OCCCCC(=O)CCCCNC(=O)CCOCC(COCCC(=O)NCCCNC(=O)CCCCOC2OC(CO)C(O)C(O)C2NC(C)=O)(COCCC(=O)NCCCNC(=O)CCCCOC2OC(CO)C(O)C(O)C2NC(C)=O)CC(=O)CCOCCOCCOCCOCCOCCC(=O)O)OC(CO)C(O)C1O. The van der Waals surface area contributed by atoms with E-state index >= 15 is 0 Å². The van der Waals surface area contributed by atoms with Crippen LogP contribution in [0.15, 0.2) is 0 Å². The van der Waals surface area contributed by atoms with Crippen LogP contribution in [-0.2, 0) is 119 Å². The molecule has 0 bridgehead atoms. The molecule has 0 saturated carbocycles. The van der Waals surface area contributed by atoms with Gasteiger partial charge < -0.3 is 160 Å². The van der Waals surface area contributed by atoms with Crippen molar-refractivity contribution in [1.29, 1.82) is 0 Å². The third-order valence-corrected chi connectivity index (χ3v) is 18.9. The Bertz CT molecular complexity index is 2660. The number of Topliss-reactive ketones (excluding diaryl/α,β-unsaturated/α-hetero) is 2. The lowest BCUT2D eigenvalue weighted by Gasteiger charge is -2.42. The van der Waals surface area contributed by atoms with Gasteiger partial charge in [-0.25, -0.2) is 0 Å². The first kappa shape index (κ1) is 108. The zero-order chi connectivity index (χ0) is 88.3. The number of ether oxygens (including phenoxy) is 14. The number of carbonyl (C=O) groups is 11. The number of aliphatic carboxylic acids is 1. The van der Waals surface area contributed by atoms with Gasteiger partial charge in [0.15, 0.2) is 18.9 Å². The van der Waals surface area contributed by atoms with Gasteiger partial charge in [0.05, 0.1) is 132 Å². The lowest BCUT2D eigenvalue weighted by atomic mass is 9.84. The molecule has 3 saturated heterocycles. The van der Waals surface area contributed by atoms with Crippen LogP contribution in [-0.4, -0.2) is 386 Å². The van der Waals surface area contributed by atoms with Gasteiger partial charge in [-0.05, 0) is 64.2 Å². The normalized spacial score (nSPS) is 23.4. The van der Waals surface area contributed by atoms with E-state index in [9.17, 15) is 98.7 Å². The average Bonchev–Trinajstić information content (AvgIpc) is 0.819. The highest BCUT2D eigenvalue weighted by Crippen LogP contribution is 2.29. The molecular formula is C77H136N8O35. The van der Waals surface area contributed by atoms with Crippen molar-refractivity contribution in [1.82, 2.24) is 42.5 Å². The molecular weight excluding hydrogens is 1600 g/mol. The molecule has 3 aliphatic heterocycles. The molecule has 0 radical (unpaired) electrons. The summed E-state index contributed by atoms with van der Waals surface area (Å²) in [5, 5.41) is 121. The van der Waals surface area contributed by atoms with Gasteiger partial charge in [0.1, 0.15) is 84.6 Å². The lowest BCUT2D eigenvalue weighted by Crippen LogP contribution is -2.64. The van der Waals surface area contributed by atoms with Gasteiger partial charge in [0, 0.05) is 137 Å². The summed E-state index contributed by atoms with van der Waals surface area (Å²) in [7, 11) is 0. The van der Waals surface area contributed by atoms with E-state index in [0.29, 0.717) is 77.4 Å². The molecule has 0 aromatic heterocycles. The Morgan fingerprint density at radius 2 is 0.575 bits per heavy atom. The van der Waals surface area contributed by atoms with Gasteiger partial charge >= 0.3 is 5.97 Å². The van der Waals surface area contributed by atoms with E-state index in [1.807, 2.05) is 0 Å². The van der Waals surface area contributed by atoms with Gasteiger partial charge in [-0.2, -0.15) is 0 Å². The topological polar surface area (TPSA) is 616 Å². The highest BCUT2D eigenvalue weighted by Gasteiger charge is 2.48. The second kappa shape index (κ2) is 65.3. The summed E-state index contributed by atoms with van der Waals surface area (Å²) in [6.45, 7) is 4.35. The second-order valence-electron chi connectivity index (χ2n) is 29.3. The predicted molar refractivity (Wildman–Crippen MR) is 418 cm³/mol. The molecule has 43 nitrogen and oxygen atoms in total. The summed E-state index contributed by atoms with van der Waals surface area (Å²) in [6, 6.07) is -3.30. The molecule has 8 amide bonds. The van der Waals surface area contributed by atoms with Gasteiger partial charge in [0.25, 0.3) is 0 Å². The van der Waals surface area contributed by atoms with Crippen molar-refractivity contribution in [2.75, 3.05) is 178 Å². The minimum atomic E-state index is -1.47. The maximum absolute atomic E-state index is 14.0. The molecule has 3 rings (SSSR count). The fourth-order valence-corrected chi connectivity index (χ4v) is 12.4. The highest BCUT2D eigenvalue weighted by atomic mass is 16.7. The van der Waals surface area contributed by atoms with Crippen LogP contribution in [0.3, 0.4) is 0 Å². The van der Waals surface area contributed by atoms with Crippen molar-refractivity contribution < 1.29 is 170 Å². The van der Waals surface area contributed by atoms with Crippen LogP contribution in [0.25, 0.3) is 0 Å². The molecule has 3 aliphatic rings. The molecule has 15 atom stereocenters. The van der Waals surface area contributed by atoms with E-state index in [2.05, 4.69) is 42.5 Å². The van der Waals surface area contributed by atoms with Crippen LogP contribution in [0.1, 0.15) is 149 Å². The summed E-state index contributed by atoms with van der Waals surface area (Å²) >= 11 is 0. The van der Waals surface area contributed by atoms with E-state index in [1.54, 1.807) is 0 Å². The Labute approximate surface area is 699 Å². The summed E-state index contributed by atoms with van der Waals surface area (Å²) in [5.74, 6) is -4.38. The number of aliphatic hydroxyl groups excluding tert-OH is 9. The van der Waals surface area contributed by atoms with Gasteiger partial charge in [0.2, 0.25) is 47.3 Å². The van der Waals surface area contributed by atoms with Crippen molar-refractivity contribution in [3.63, 3.8) is 0 Å². The number of rotatable bonds is 72. The fraction of sp³-hybridized carbons (Fsp3) is 0.857. The first-order valence-electron chi connectivity index (χ1n) is 41.4. The van der Waals surface area contributed by atoms with Gasteiger partial charge in [-0.1, -0.05) is 0 Å². The number of carbonyl (C=O) groups excluding carboxylic acids is 10. The Morgan fingerprint density at radius 3 is 0.883 bits per heavy atom. The molecule has 120 heavy (non-hydrogen) atoms. The zero-order valence-electron chi connectivity index (χ0n) is 69.6. The van der Waals surface area contributed by atoms with E-state index in [4.69, 9.17) is 71.4 Å². The fourth-order valence-electron chi connectivity index (χ4n) is 12.4. The Kier molecular flexibility index (Phi) is 58.7. The Balaban J connectivity index is 1.57. The minimum absolute atomic E-state index is 0.00716. The Hall–Kier alpha value is -6.35. The number of unbranched alkanes of at least 4 members (excludes halogenated alkanes) is 4. The monoisotopic (exact) mass is 1730 g/mol. The van der Waals surface area contributed by atoms with Crippen molar-refractivity contribution >= 4 is 64.8 Å². The third-order valence-electron chi connectivity index (χ3n) is 18.9. The van der Waals surface area contributed by atoms with Crippen molar-refractivity contribution in [2.45, 2.75) is 241 Å². The summed E-state index contributed by atoms with van der Waals surface area (Å²) in [4.78, 5) is 137. The number of carboxylic acids is 1. The molecule has 0 aromatic rings. The van der Waals surface area contributed by atoms with E-state index in [1.165, 1.54) is 20.8 Å². The van der Waals surface area contributed by atoms with Crippen LogP contribution in [0.5, 0.6) is 0 Å². The number of nitrogens with one attached hydrogen (secondary N) is 8. The number of hydrogen-bond acceptors (Lipinski definition) is 34. The zero-order valence-corrected chi connectivity index (χ0v) is 69.6. The van der Waals surface area contributed by atoms with Crippen LogP contribution in [0.4, 0.5) is 0 Å². The van der Waals surface area contributed by atoms with Crippen LogP contribution in [0, 0.1) is 5.41 Å². The first-order chi connectivity index (χ1) is 57.6. The predicted octanol–water partition coefficient (Wildman–Crippen LogP) is -5.41. The molecule has 43 heteroatoms. The van der Waals surface area contributed by atoms with Crippen molar-refractivity contribution in [3.05, 3.63) is 0 Å². The van der Waals surface area contributed by atoms with Gasteiger partial charge in [-0.3, -0.25) is 52.7 Å². The number of ketones is 2. The number of carboxylic acid groups (broad SMARTS) is 1. The van der Waals surface area contributed by atoms with Crippen molar-refractivity contribution in [3.8, 4) is 0 Å². The van der Waals surface area contributed by atoms with Crippen LogP contribution in [0.2, 0.25) is 0 Å². The molecule has 0 aliphatic carbocycles. The Morgan fingerprint density at radius 1 is 0.300 bits per heavy atom. The van der Waals surface area contributed by atoms with Crippen LogP contribution >= 0.6 is 0 Å². The lowest BCUT2D eigenvalue weighted by molar-refractivity contribution is -0.270. The molecule has 0 aromatic carbocycles. The molecule has 3 fully saturated rings. The smallest absolute Gasteiger partial charge is 0.305 e. The van der Waals surface area contributed by atoms with Crippen LogP contribution < -0.4 is 42.5 Å². The standard InChI is InChI=1S/C77H136N8O35/c1-51(89)83-65-71(104)68(101)56(45-86)118-74(65)115-28-9-5-15-54(92)14-4-8-23-78-61(96)19-32-112-48-77(44-55(93)18-31-107-36-38-109-40-42-111-43-41-110-39-37-108-35-22-64(99)100,49-113-33-20-62(97)81-26-12-24-79-59(94)16-6-10-29-116-75-66(84-52(2)90)72(105)69(102)57(46-87)119-75)50-114-34-21-63(98)82-27-13-25-80-60(95)17-7-11-30-117-76-67(85-53(3)91)73(106)70(103)58(47-88)120-76/h56-58,65-76,86-88,101-106H,4-50H2,1-3H3,(H,78,96)(H,79,94)(H,80,95)(H,81,97)(H,82,98)(H,83,89)(H,84,90)(H,85,91)(H,99,100). The quantitative estimate of drug-likeness (QED) is 0.0253. The summed E-state index contributed by atoms with van der Waals surface area (Å²) < 4.78 is 79.7. The maximum atomic E-state index is 14.0. The highest BCUT2D eigenvalue weighted by molar-refractivity contribution is 5.80. The van der Waals surface area contributed by atoms with E-state index in [-0.39, 0.29) is 250 Å². The van der Waals surface area contributed by atoms with Crippen molar-refractivity contribution in [2.24, 2.45) is 5.41 Å². The number of aliphatic hydroxyl groups is 9. The number of amides is 8. The molecule has 3 heterocycles. The molecule has 694 valence electrons. The first-order valence-corrected chi connectivity index (χ1v) is 41.4. The summed E-state index contributed by atoms with van der Waals surface area (Å²) in [5.41, 5.74) is -1.25.